The van der Waals surface area contributed by atoms with Crippen LogP contribution in [0.2, 0.25) is 0 Å². The van der Waals surface area contributed by atoms with Gasteiger partial charge in [-0.05, 0) is 6.92 Å². The standard InChI is InChI=1S/C8H10N/c1-7-3-5-8(9-2)6-4-7/h3-6H,1-2H3/q-1. The zero-order valence-corrected chi connectivity index (χ0v) is 5.76. The molecule has 0 aliphatic heterocycles. The molecule has 1 nitrogen and oxygen atoms in total. The Balaban J connectivity index is 2.88. The molecule has 1 aromatic carbocycles. The van der Waals surface area contributed by atoms with Crippen molar-refractivity contribution in [3.8, 4) is 0 Å². The summed E-state index contributed by atoms with van der Waals surface area (Å²) in [7, 11) is 1.80. The molecule has 0 radical (unpaired) electrons. The molecule has 48 valence electrons. The van der Waals surface area contributed by atoms with Gasteiger partial charge in [-0.1, -0.05) is 29.8 Å². The molecule has 0 aliphatic rings. The highest BCUT2D eigenvalue weighted by atomic mass is 14.8. The van der Waals surface area contributed by atoms with E-state index in [0.717, 1.165) is 5.69 Å². The highest BCUT2D eigenvalue weighted by Gasteiger charge is 1.77. The molecule has 0 saturated carbocycles. The third-order valence-electron chi connectivity index (χ3n) is 1.29. The van der Waals surface area contributed by atoms with Crippen LogP contribution in [0.15, 0.2) is 24.3 Å². The summed E-state index contributed by atoms with van der Waals surface area (Å²) in [6, 6.07) is 8.13. The van der Waals surface area contributed by atoms with E-state index in [1.807, 2.05) is 12.1 Å². The van der Waals surface area contributed by atoms with Gasteiger partial charge in [-0.2, -0.15) is 0 Å². The van der Waals surface area contributed by atoms with Crippen LogP contribution in [0.5, 0.6) is 0 Å². The molecule has 1 rings (SSSR count). The van der Waals surface area contributed by atoms with Crippen LogP contribution in [0.1, 0.15) is 5.56 Å². The third-order valence-corrected chi connectivity index (χ3v) is 1.29. The van der Waals surface area contributed by atoms with Gasteiger partial charge in [0.05, 0.1) is 0 Å². The van der Waals surface area contributed by atoms with Crippen molar-refractivity contribution in [2.45, 2.75) is 6.92 Å². The Morgan fingerprint density at radius 3 is 2.11 bits per heavy atom. The number of benzene rings is 1. The molecule has 0 amide bonds. The van der Waals surface area contributed by atoms with E-state index in [1.54, 1.807) is 7.05 Å². The molecule has 1 heteroatoms. The van der Waals surface area contributed by atoms with Gasteiger partial charge in [-0.15, -0.1) is 12.7 Å². The summed E-state index contributed by atoms with van der Waals surface area (Å²) in [5.41, 5.74) is 2.32. The molecule has 0 bridgehead atoms. The van der Waals surface area contributed by atoms with Crippen molar-refractivity contribution in [1.29, 1.82) is 0 Å². The minimum atomic E-state index is 1.04. The van der Waals surface area contributed by atoms with Gasteiger partial charge in [-0.3, -0.25) is 0 Å². The summed E-state index contributed by atoms with van der Waals surface area (Å²) >= 11 is 0. The average molecular weight is 120 g/mol. The predicted octanol–water partition coefficient (Wildman–Crippen LogP) is 2.63. The van der Waals surface area contributed by atoms with Crippen molar-refractivity contribution in [3.63, 3.8) is 0 Å². The van der Waals surface area contributed by atoms with Crippen LogP contribution in [0, 0.1) is 6.92 Å². The first kappa shape index (κ1) is 6.14. The van der Waals surface area contributed by atoms with Gasteiger partial charge in [0.25, 0.3) is 0 Å². The molecule has 0 heterocycles. The quantitative estimate of drug-likeness (QED) is 0.541. The summed E-state index contributed by atoms with van der Waals surface area (Å²) < 4.78 is 0. The molecule has 0 N–H and O–H groups in total. The summed E-state index contributed by atoms with van der Waals surface area (Å²) in [5.74, 6) is 0. The lowest BCUT2D eigenvalue weighted by Crippen LogP contribution is -1.68. The summed E-state index contributed by atoms with van der Waals surface area (Å²) in [4.78, 5) is 0. The molecular formula is C8H10N-. The topological polar surface area (TPSA) is 14.1 Å². The first-order valence-electron chi connectivity index (χ1n) is 2.99. The molecule has 1 aromatic rings. The third kappa shape index (κ3) is 1.46. The molecule has 0 unspecified atom stereocenters. The van der Waals surface area contributed by atoms with Gasteiger partial charge in [0, 0.05) is 0 Å². The number of hydrogen-bond donors (Lipinski definition) is 0. The maximum Gasteiger partial charge on any atom is -0.0398 e. The fourth-order valence-electron chi connectivity index (χ4n) is 0.694. The van der Waals surface area contributed by atoms with E-state index in [9.17, 15) is 0 Å². The van der Waals surface area contributed by atoms with Crippen molar-refractivity contribution in [3.05, 3.63) is 35.1 Å². The second-order valence-electron chi connectivity index (χ2n) is 2.06. The van der Waals surface area contributed by atoms with Gasteiger partial charge in [-0.25, -0.2) is 0 Å². The molecule has 0 fully saturated rings. The lowest BCUT2D eigenvalue weighted by Gasteiger charge is -2.12. The Morgan fingerprint density at radius 2 is 1.67 bits per heavy atom. The monoisotopic (exact) mass is 120 g/mol. The zero-order chi connectivity index (χ0) is 6.69. The first-order valence-corrected chi connectivity index (χ1v) is 2.99. The molecule has 9 heavy (non-hydrogen) atoms. The molecule has 0 aliphatic carbocycles. The number of nitrogens with zero attached hydrogens (tertiary/aromatic N) is 1. The van der Waals surface area contributed by atoms with Gasteiger partial charge < -0.3 is 5.32 Å². The summed E-state index contributed by atoms with van der Waals surface area (Å²) in [5, 5.41) is 4.01. The first-order chi connectivity index (χ1) is 4.33. The zero-order valence-electron chi connectivity index (χ0n) is 5.76. The van der Waals surface area contributed by atoms with E-state index in [1.165, 1.54) is 5.56 Å². The van der Waals surface area contributed by atoms with Gasteiger partial charge in [0.15, 0.2) is 0 Å². The molecule has 0 saturated heterocycles. The van der Waals surface area contributed by atoms with Crippen molar-refractivity contribution < 1.29 is 0 Å². The average Bonchev–Trinajstić information content (AvgIpc) is 1.90. The number of rotatable bonds is 1. The van der Waals surface area contributed by atoms with E-state index in [4.69, 9.17) is 0 Å². The second kappa shape index (κ2) is 2.53. The molecule has 0 atom stereocenters. The Hall–Kier alpha value is -0.980. The summed E-state index contributed by atoms with van der Waals surface area (Å²) in [6.07, 6.45) is 0. The highest BCUT2D eigenvalue weighted by molar-refractivity contribution is 5.47. The smallest absolute Gasteiger partial charge is 0.0398 e. The SMILES string of the molecule is C[N-]c1ccc(C)cc1. The van der Waals surface area contributed by atoms with Gasteiger partial charge in [0.2, 0.25) is 0 Å². The molecule has 0 spiro atoms. The molecule has 0 aromatic heterocycles. The van der Waals surface area contributed by atoms with Crippen LogP contribution >= 0.6 is 0 Å². The fourth-order valence-corrected chi connectivity index (χ4v) is 0.694. The van der Waals surface area contributed by atoms with E-state index < -0.39 is 0 Å². The minimum absolute atomic E-state index is 1.04. The largest absolute Gasteiger partial charge is 0.687 e. The Morgan fingerprint density at radius 1 is 1.11 bits per heavy atom. The Kier molecular flexibility index (Phi) is 1.73. The maximum absolute atomic E-state index is 4.01. The normalized spacial score (nSPS) is 9.11. The van der Waals surface area contributed by atoms with Crippen LogP contribution in [-0.2, 0) is 0 Å². The van der Waals surface area contributed by atoms with E-state index in [2.05, 4.69) is 24.4 Å². The minimum Gasteiger partial charge on any atom is -0.687 e. The van der Waals surface area contributed by atoms with Crippen molar-refractivity contribution in [2.75, 3.05) is 7.05 Å². The van der Waals surface area contributed by atoms with Crippen molar-refractivity contribution in [2.24, 2.45) is 0 Å². The Labute approximate surface area is 55.7 Å². The van der Waals surface area contributed by atoms with E-state index >= 15 is 0 Å². The second-order valence-corrected chi connectivity index (χ2v) is 2.06. The Bertz CT molecular complexity index is 176. The fraction of sp³-hybridized carbons (Fsp3) is 0.250. The van der Waals surface area contributed by atoms with Crippen LogP contribution in [0.3, 0.4) is 0 Å². The number of aryl methyl sites for hydroxylation is 1. The summed E-state index contributed by atoms with van der Waals surface area (Å²) in [6.45, 7) is 2.07. The van der Waals surface area contributed by atoms with Crippen LogP contribution in [0.25, 0.3) is 5.32 Å². The van der Waals surface area contributed by atoms with Gasteiger partial charge in [0.1, 0.15) is 0 Å². The maximum atomic E-state index is 4.01. The van der Waals surface area contributed by atoms with E-state index in [-0.39, 0.29) is 0 Å². The molecular weight excluding hydrogens is 110 g/mol. The lowest BCUT2D eigenvalue weighted by molar-refractivity contribution is 1.47. The predicted molar refractivity (Wildman–Crippen MR) is 40.1 cm³/mol. The van der Waals surface area contributed by atoms with Crippen molar-refractivity contribution in [1.82, 2.24) is 0 Å². The van der Waals surface area contributed by atoms with Crippen molar-refractivity contribution >= 4 is 5.69 Å². The van der Waals surface area contributed by atoms with Crippen LogP contribution in [0.4, 0.5) is 5.69 Å². The highest BCUT2D eigenvalue weighted by Crippen LogP contribution is 2.14. The lowest BCUT2D eigenvalue weighted by atomic mass is 10.2. The van der Waals surface area contributed by atoms with Gasteiger partial charge >= 0.3 is 0 Å². The van der Waals surface area contributed by atoms with E-state index in [0.29, 0.717) is 0 Å². The van der Waals surface area contributed by atoms with Crippen LogP contribution in [-0.4, -0.2) is 7.05 Å². The number of hydrogen-bond acceptors (Lipinski definition) is 0. The van der Waals surface area contributed by atoms with Crippen LogP contribution < -0.4 is 0 Å².